The Kier molecular flexibility index (Phi) is 57.4. The molecule has 3 atom stereocenters. The van der Waals surface area contributed by atoms with Gasteiger partial charge in [-0.15, -0.1) is 0 Å². The fourth-order valence-corrected chi connectivity index (χ4v) is 9.81. The molecule has 0 fully saturated rings. The van der Waals surface area contributed by atoms with Crippen LogP contribution in [0.2, 0.25) is 0 Å². The topological polar surface area (TPSA) is 114 Å². The Morgan fingerprint density at radius 1 is 0.444 bits per heavy atom. The molecule has 9 nitrogen and oxygen atoms in total. The molecule has 0 aliphatic carbocycles. The first-order chi connectivity index (χ1) is 39.4. The van der Waals surface area contributed by atoms with E-state index in [1.165, 1.54) is 116 Å². The van der Waals surface area contributed by atoms with E-state index in [1.54, 1.807) is 0 Å². The first-order valence-corrected chi connectivity index (χ1v) is 34.7. The van der Waals surface area contributed by atoms with Gasteiger partial charge >= 0.3 is 5.97 Å². The Labute approximate surface area is 500 Å². The van der Waals surface area contributed by atoms with Crippen molar-refractivity contribution < 1.29 is 37.3 Å². The number of esters is 1. The Hall–Kier alpha value is -3.33. The summed E-state index contributed by atoms with van der Waals surface area (Å²) in [5.41, 5.74) is 0. The second-order valence-corrected chi connectivity index (χ2v) is 24.6. The summed E-state index contributed by atoms with van der Waals surface area (Å²) in [5.74, 6) is -0.563. The van der Waals surface area contributed by atoms with E-state index >= 15 is 0 Å². The van der Waals surface area contributed by atoms with E-state index in [0.29, 0.717) is 17.4 Å². The zero-order valence-corrected chi connectivity index (χ0v) is 54.1. The summed E-state index contributed by atoms with van der Waals surface area (Å²) in [5, 5.41) is 3.03. The van der Waals surface area contributed by atoms with Crippen molar-refractivity contribution in [2.75, 3.05) is 40.9 Å². The number of phosphoric ester groups is 1. The summed E-state index contributed by atoms with van der Waals surface area (Å²) >= 11 is 0. The minimum absolute atomic E-state index is 0.0304. The molecular weight excluding hydrogens is 1020 g/mol. The quantitative estimate of drug-likeness (QED) is 0.0212. The first-order valence-electron chi connectivity index (χ1n) is 33.2. The number of allylic oxidation sites excluding steroid dienone is 17. The molecular formula is C71H125N2O7P. The number of ether oxygens (including phenoxy) is 1. The normalized spacial score (nSPS) is 14.3. The van der Waals surface area contributed by atoms with Gasteiger partial charge < -0.3 is 28.5 Å². The predicted molar refractivity (Wildman–Crippen MR) is 348 cm³/mol. The van der Waals surface area contributed by atoms with Gasteiger partial charge in [0.05, 0.1) is 33.8 Å². The van der Waals surface area contributed by atoms with Crippen LogP contribution in [-0.2, 0) is 27.9 Å². The van der Waals surface area contributed by atoms with E-state index in [2.05, 4.69) is 123 Å². The molecule has 81 heavy (non-hydrogen) atoms. The van der Waals surface area contributed by atoms with Crippen LogP contribution in [0.15, 0.2) is 109 Å². The fourth-order valence-electron chi connectivity index (χ4n) is 9.08. The number of phosphoric acid groups is 1. The number of hydrogen-bond donors (Lipinski definition) is 1. The molecule has 0 aliphatic rings. The number of nitrogens with zero attached hydrogens (tertiary/aromatic N) is 1. The summed E-state index contributed by atoms with van der Waals surface area (Å²) in [6, 6.07) is -0.903. The van der Waals surface area contributed by atoms with Gasteiger partial charge in [0.15, 0.2) is 0 Å². The van der Waals surface area contributed by atoms with Crippen LogP contribution in [-0.4, -0.2) is 69.4 Å². The summed E-state index contributed by atoms with van der Waals surface area (Å²) < 4.78 is 30.3. The standard InChI is InChI=1S/C71H125N2O7P/c1-7-10-13-16-19-22-25-27-29-31-32-33-34-35-36-37-38-39-40-42-43-45-48-51-54-57-60-63-70(74)72-68(67-79-81(76,77)78-66-65-73(4,5)6)69(62-59-56-53-50-47-24-21-18-15-12-9-3)80-71(75)64-61-58-55-52-49-46-44-41-30-28-26-23-20-17-14-11-8-2/h10,13,19-20,22-23,27-30,32-33,35-36,38-39,59,62,68-69H,7-9,11-12,14-18,21,24-26,31,34,37,40-58,60-61,63-67H2,1-6H3,(H-,72,74,76,77)/b13-10-,22-19-,23-20-,29-27-,30-28-,33-32-,36-35-,39-38-,62-59-. The first kappa shape index (κ1) is 77.7. The highest BCUT2D eigenvalue weighted by atomic mass is 31.2. The number of hydrogen-bond acceptors (Lipinski definition) is 7. The minimum atomic E-state index is -4.71. The Morgan fingerprint density at radius 2 is 0.790 bits per heavy atom. The molecule has 0 radical (unpaired) electrons. The number of quaternary nitrogens is 1. The van der Waals surface area contributed by atoms with Crippen molar-refractivity contribution in [2.45, 2.75) is 290 Å². The molecule has 0 saturated carbocycles. The van der Waals surface area contributed by atoms with E-state index in [0.717, 1.165) is 128 Å². The number of likely N-dealkylation sites (N-methyl/N-ethyl adjacent to an activating group) is 1. The number of carbonyl (C=O) groups is 2. The van der Waals surface area contributed by atoms with Crippen molar-refractivity contribution in [1.82, 2.24) is 5.32 Å². The second kappa shape index (κ2) is 59.8. The Bertz CT molecular complexity index is 1750. The van der Waals surface area contributed by atoms with Crippen molar-refractivity contribution in [2.24, 2.45) is 0 Å². The largest absolute Gasteiger partial charge is 0.756 e. The van der Waals surface area contributed by atoms with Crippen LogP contribution in [0, 0.1) is 0 Å². The molecule has 1 amide bonds. The summed E-state index contributed by atoms with van der Waals surface area (Å²) in [4.78, 5) is 40.1. The summed E-state index contributed by atoms with van der Waals surface area (Å²) in [6.07, 6.45) is 82.0. The third-order valence-electron chi connectivity index (χ3n) is 14.2. The summed E-state index contributed by atoms with van der Waals surface area (Å²) in [6.45, 7) is 6.69. The third-order valence-corrected chi connectivity index (χ3v) is 15.2. The molecule has 0 aromatic heterocycles. The van der Waals surface area contributed by atoms with Gasteiger partial charge in [0.1, 0.15) is 19.3 Å². The van der Waals surface area contributed by atoms with Crippen molar-refractivity contribution in [1.29, 1.82) is 0 Å². The molecule has 466 valence electrons. The second-order valence-electron chi connectivity index (χ2n) is 23.2. The van der Waals surface area contributed by atoms with Crippen LogP contribution >= 0.6 is 7.82 Å². The maximum absolute atomic E-state index is 13.6. The summed E-state index contributed by atoms with van der Waals surface area (Å²) in [7, 11) is 1.16. The lowest BCUT2D eigenvalue weighted by atomic mass is 10.0. The smallest absolute Gasteiger partial charge is 0.306 e. The fraction of sp³-hybridized carbons (Fsp3) is 0.718. The van der Waals surface area contributed by atoms with Crippen molar-refractivity contribution in [3.05, 3.63) is 109 Å². The highest BCUT2D eigenvalue weighted by Crippen LogP contribution is 2.38. The predicted octanol–water partition coefficient (Wildman–Crippen LogP) is 20.3. The molecule has 0 aromatic carbocycles. The maximum atomic E-state index is 13.6. The molecule has 0 saturated heterocycles. The lowest BCUT2D eigenvalue weighted by Crippen LogP contribution is -2.47. The average Bonchev–Trinajstić information content (AvgIpc) is 3.43. The molecule has 0 spiro atoms. The van der Waals surface area contributed by atoms with Gasteiger partial charge in [-0.3, -0.25) is 14.2 Å². The van der Waals surface area contributed by atoms with Gasteiger partial charge in [-0.25, -0.2) is 0 Å². The lowest BCUT2D eigenvalue weighted by molar-refractivity contribution is -0.870. The highest BCUT2D eigenvalue weighted by Gasteiger charge is 2.27. The zero-order valence-electron chi connectivity index (χ0n) is 53.2. The highest BCUT2D eigenvalue weighted by molar-refractivity contribution is 7.45. The van der Waals surface area contributed by atoms with Gasteiger partial charge in [-0.1, -0.05) is 259 Å². The van der Waals surface area contributed by atoms with Crippen LogP contribution in [0.5, 0.6) is 0 Å². The third kappa shape index (κ3) is 61.1. The molecule has 0 rings (SSSR count). The number of amides is 1. The monoisotopic (exact) mass is 1150 g/mol. The van der Waals surface area contributed by atoms with Crippen LogP contribution in [0.4, 0.5) is 0 Å². The van der Waals surface area contributed by atoms with Crippen molar-refractivity contribution in [3.63, 3.8) is 0 Å². The molecule has 3 unspecified atom stereocenters. The number of rotatable bonds is 59. The number of carbonyl (C=O) groups excluding carboxylic acids is 2. The van der Waals surface area contributed by atoms with Gasteiger partial charge in [-0.05, 0) is 115 Å². The zero-order chi connectivity index (χ0) is 59.3. The van der Waals surface area contributed by atoms with Gasteiger partial charge in [0.25, 0.3) is 7.82 Å². The van der Waals surface area contributed by atoms with E-state index < -0.39 is 26.6 Å². The van der Waals surface area contributed by atoms with Crippen LogP contribution in [0.3, 0.4) is 0 Å². The SMILES string of the molecule is CC/C=C\C/C=C\C/C=C\C/C=C\C/C=C\C/C=C\CCCCCCCCCCC(=O)NC(COP(=O)([O-])OCC[N+](C)(C)C)C(/C=C\CCCCCCCCCCC)OC(=O)CCCCCCCCC/C=C\C/C=C\CCCCC. The maximum Gasteiger partial charge on any atom is 0.306 e. The van der Waals surface area contributed by atoms with Crippen LogP contribution < -0.4 is 10.2 Å². The Balaban J connectivity index is 5.11. The van der Waals surface area contributed by atoms with Crippen molar-refractivity contribution in [3.8, 4) is 0 Å². The molecule has 0 bridgehead atoms. The van der Waals surface area contributed by atoms with E-state index in [1.807, 2.05) is 33.3 Å². The van der Waals surface area contributed by atoms with E-state index in [9.17, 15) is 19.0 Å². The lowest BCUT2D eigenvalue weighted by Gasteiger charge is -2.30. The van der Waals surface area contributed by atoms with Crippen LogP contribution in [0.25, 0.3) is 0 Å². The average molecular weight is 1150 g/mol. The Morgan fingerprint density at radius 3 is 1.21 bits per heavy atom. The van der Waals surface area contributed by atoms with E-state index in [-0.39, 0.29) is 24.9 Å². The van der Waals surface area contributed by atoms with Gasteiger partial charge in [-0.2, -0.15) is 0 Å². The molecule has 0 aromatic rings. The van der Waals surface area contributed by atoms with E-state index in [4.69, 9.17) is 13.8 Å². The molecule has 0 aliphatic heterocycles. The molecule has 10 heteroatoms. The molecule has 1 N–H and O–H groups in total. The van der Waals surface area contributed by atoms with Crippen LogP contribution in [0.1, 0.15) is 278 Å². The van der Waals surface area contributed by atoms with Gasteiger partial charge in [0.2, 0.25) is 5.91 Å². The minimum Gasteiger partial charge on any atom is -0.756 e. The number of nitrogens with one attached hydrogen (secondary N) is 1. The van der Waals surface area contributed by atoms with Crippen molar-refractivity contribution >= 4 is 19.7 Å². The number of unbranched alkanes of at least 4 members (excludes halogenated alkanes) is 27. The molecule has 0 heterocycles. The van der Waals surface area contributed by atoms with Gasteiger partial charge in [0, 0.05) is 12.8 Å².